The molecule has 2 saturated heterocycles. The van der Waals surface area contributed by atoms with E-state index in [9.17, 15) is 9.59 Å². The van der Waals surface area contributed by atoms with Gasteiger partial charge >= 0.3 is 0 Å². The maximum absolute atomic E-state index is 12.4. The van der Waals surface area contributed by atoms with E-state index in [1.54, 1.807) is 13.0 Å². The average molecular weight is 363 g/mol. The number of nitrogens with zero attached hydrogens (tertiary/aromatic N) is 4. The number of hydrogen-bond donors (Lipinski definition) is 1. The molecule has 1 aromatic rings. The number of hydrogen-bond acceptors (Lipinski definition) is 6. The van der Waals surface area contributed by atoms with Crippen LogP contribution in [-0.2, 0) is 9.59 Å². The zero-order chi connectivity index (χ0) is 18.5. The predicted octanol–water partition coefficient (Wildman–Crippen LogP) is 0.798. The Labute approximate surface area is 154 Å². The lowest BCUT2D eigenvalue weighted by atomic mass is 9.99. The number of likely N-dealkylation sites (tertiary alicyclic amines) is 1. The number of rotatable bonds is 5. The first-order valence-corrected chi connectivity index (χ1v) is 9.45. The van der Waals surface area contributed by atoms with Crippen LogP contribution in [0.25, 0.3) is 0 Å². The molecule has 2 amide bonds. The summed E-state index contributed by atoms with van der Waals surface area (Å²) in [6.45, 7) is 9.84. The van der Waals surface area contributed by atoms with Gasteiger partial charge in [-0.1, -0.05) is 12.1 Å². The van der Waals surface area contributed by atoms with E-state index >= 15 is 0 Å². The second-order valence-corrected chi connectivity index (χ2v) is 7.49. The Kier molecular flexibility index (Phi) is 6.26. The fourth-order valence-electron chi connectivity index (χ4n) is 3.47. The minimum Gasteiger partial charge on any atom is -0.360 e. The van der Waals surface area contributed by atoms with E-state index in [0.29, 0.717) is 24.7 Å². The first-order chi connectivity index (χ1) is 12.5. The van der Waals surface area contributed by atoms with Crippen molar-refractivity contribution < 1.29 is 14.1 Å². The van der Waals surface area contributed by atoms with Gasteiger partial charge in [-0.15, -0.1) is 0 Å². The van der Waals surface area contributed by atoms with Crippen LogP contribution >= 0.6 is 0 Å². The van der Waals surface area contributed by atoms with Gasteiger partial charge in [0.15, 0.2) is 5.82 Å². The zero-order valence-corrected chi connectivity index (χ0v) is 15.7. The minimum absolute atomic E-state index is 0.0923. The molecule has 0 unspecified atom stereocenters. The number of carbonyl (C=O) groups is 2. The first-order valence-electron chi connectivity index (χ1n) is 9.45. The van der Waals surface area contributed by atoms with Crippen molar-refractivity contribution in [3.63, 3.8) is 0 Å². The van der Waals surface area contributed by atoms with Gasteiger partial charge < -0.3 is 14.7 Å². The molecule has 1 aromatic heterocycles. The second-order valence-electron chi connectivity index (χ2n) is 7.49. The molecule has 2 fully saturated rings. The van der Waals surface area contributed by atoms with E-state index < -0.39 is 0 Å². The maximum atomic E-state index is 12.4. The normalized spacial score (nSPS) is 20.3. The second kappa shape index (κ2) is 8.64. The Morgan fingerprint density at radius 3 is 2.31 bits per heavy atom. The summed E-state index contributed by atoms with van der Waals surface area (Å²) in [6.07, 6.45) is 2.22. The summed E-state index contributed by atoms with van der Waals surface area (Å²) in [4.78, 5) is 30.8. The van der Waals surface area contributed by atoms with E-state index in [1.807, 2.05) is 4.90 Å². The van der Waals surface area contributed by atoms with E-state index in [0.717, 1.165) is 58.0 Å². The summed E-state index contributed by atoms with van der Waals surface area (Å²) in [7, 11) is 0. The molecule has 3 heterocycles. The lowest BCUT2D eigenvalue weighted by Gasteiger charge is -2.36. The van der Waals surface area contributed by atoms with Crippen molar-refractivity contribution in [2.45, 2.75) is 26.7 Å². The number of anilines is 1. The topological polar surface area (TPSA) is 81.9 Å². The van der Waals surface area contributed by atoms with E-state index in [-0.39, 0.29) is 11.8 Å². The van der Waals surface area contributed by atoms with Crippen LogP contribution in [0, 0.1) is 12.8 Å². The molecule has 144 valence electrons. The van der Waals surface area contributed by atoms with Gasteiger partial charge in [0.1, 0.15) is 5.76 Å². The number of amides is 2. The van der Waals surface area contributed by atoms with Gasteiger partial charge in [0, 0.05) is 45.3 Å². The number of piperidine rings is 1. The highest BCUT2D eigenvalue weighted by atomic mass is 16.5. The highest BCUT2D eigenvalue weighted by molar-refractivity contribution is 5.91. The van der Waals surface area contributed by atoms with Gasteiger partial charge in [0.25, 0.3) is 0 Å². The average Bonchev–Trinajstić information content (AvgIpc) is 3.02. The molecule has 0 saturated carbocycles. The Morgan fingerprint density at radius 1 is 1.12 bits per heavy atom. The van der Waals surface area contributed by atoms with Gasteiger partial charge in [-0.3, -0.25) is 19.4 Å². The van der Waals surface area contributed by atoms with Crippen LogP contribution in [0.4, 0.5) is 5.82 Å². The number of aryl methyl sites for hydroxylation is 1. The fourth-order valence-corrected chi connectivity index (χ4v) is 3.47. The number of carbonyl (C=O) groups excluding carboxylic acids is 2. The SMILES string of the molecule is Cc1cc(NC(=O)CN2CCN(CC(=O)N3CCC(C)CC3)CC2)no1. The fraction of sp³-hybridized carbons (Fsp3) is 0.722. The summed E-state index contributed by atoms with van der Waals surface area (Å²) < 4.78 is 4.94. The highest BCUT2D eigenvalue weighted by Gasteiger charge is 2.25. The van der Waals surface area contributed by atoms with Crippen LogP contribution in [0.5, 0.6) is 0 Å². The molecule has 3 rings (SSSR count). The molecule has 8 heteroatoms. The molecule has 1 N–H and O–H groups in total. The highest BCUT2D eigenvalue weighted by Crippen LogP contribution is 2.16. The summed E-state index contributed by atoms with van der Waals surface area (Å²) in [5.41, 5.74) is 0. The quantitative estimate of drug-likeness (QED) is 0.833. The van der Waals surface area contributed by atoms with E-state index in [2.05, 4.69) is 27.2 Å². The molecule has 0 aromatic carbocycles. The Hall–Kier alpha value is -1.93. The Morgan fingerprint density at radius 2 is 1.73 bits per heavy atom. The van der Waals surface area contributed by atoms with Gasteiger partial charge in [-0.05, 0) is 25.7 Å². The maximum Gasteiger partial charge on any atom is 0.239 e. The van der Waals surface area contributed by atoms with Crippen molar-refractivity contribution in [3.8, 4) is 0 Å². The van der Waals surface area contributed by atoms with E-state index in [4.69, 9.17) is 4.52 Å². The first kappa shape index (κ1) is 18.8. The van der Waals surface area contributed by atoms with Crippen LogP contribution in [0.1, 0.15) is 25.5 Å². The van der Waals surface area contributed by atoms with Crippen molar-refractivity contribution in [1.82, 2.24) is 19.9 Å². The summed E-state index contributed by atoms with van der Waals surface area (Å²) in [5.74, 6) is 2.00. The lowest BCUT2D eigenvalue weighted by molar-refractivity contribution is -0.134. The molecule has 8 nitrogen and oxygen atoms in total. The van der Waals surface area contributed by atoms with Crippen LogP contribution in [0.2, 0.25) is 0 Å². The summed E-state index contributed by atoms with van der Waals surface area (Å²) in [5, 5.41) is 6.51. The molecular formula is C18H29N5O3. The van der Waals surface area contributed by atoms with Crippen molar-refractivity contribution in [3.05, 3.63) is 11.8 Å². The molecule has 2 aliphatic rings. The lowest BCUT2D eigenvalue weighted by Crippen LogP contribution is -2.52. The number of piperazine rings is 1. The van der Waals surface area contributed by atoms with Gasteiger partial charge in [-0.2, -0.15) is 0 Å². The molecule has 2 aliphatic heterocycles. The third-order valence-corrected chi connectivity index (χ3v) is 5.22. The van der Waals surface area contributed by atoms with Crippen molar-refractivity contribution in [1.29, 1.82) is 0 Å². The Balaban J connectivity index is 1.36. The third-order valence-electron chi connectivity index (χ3n) is 5.22. The minimum atomic E-state index is -0.0923. The predicted molar refractivity (Wildman–Crippen MR) is 97.7 cm³/mol. The Bertz CT molecular complexity index is 616. The van der Waals surface area contributed by atoms with Crippen molar-refractivity contribution >= 4 is 17.6 Å². The molecule has 0 atom stereocenters. The summed E-state index contributed by atoms with van der Waals surface area (Å²) in [6, 6.07) is 1.70. The zero-order valence-electron chi connectivity index (χ0n) is 15.7. The summed E-state index contributed by atoms with van der Waals surface area (Å²) >= 11 is 0. The number of aromatic nitrogens is 1. The van der Waals surface area contributed by atoms with Crippen LogP contribution < -0.4 is 5.32 Å². The van der Waals surface area contributed by atoms with Crippen LogP contribution in [0.15, 0.2) is 10.6 Å². The van der Waals surface area contributed by atoms with Gasteiger partial charge in [-0.25, -0.2) is 0 Å². The standard InChI is InChI=1S/C18H29N5O3/c1-14-3-5-23(6-4-14)18(25)13-22-9-7-21(8-10-22)12-17(24)19-16-11-15(2)26-20-16/h11,14H,3-10,12-13H2,1-2H3,(H,19,20,24). The third kappa shape index (κ3) is 5.28. The van der Waals surface area contributed by atoms with Crippen LogP contribution in [-0.4, -0.2) is 84.0 Å². The van der Waals surface area contributed by atoms with E-state index in [1.165, 1.54) is 0 Å². The van der Waals surface area contributed by atoms with Gasteiger partial charge in [0.05, 0.1) is 13.1 Å². The van der Waals surface area contributed by atoms with Crippen LogP contribution in [0.3, 0.4) is 0 Å². The van der Waals surface area contributed by atoms with Gasteiger partial charge in [0.2, 0.25) is 11.8 Å². The molecule has 0 aliphatic carbocycles. The monoisotopic (exact) mass is 363 g/mol. The smallest absolute Gasteiger partial charge is 0.239 e. The largest absolute Gasteiger partial charge is 0.360 e. The molecule has 0 radical (unpaired) electrons. The molecule has 0 spiro atoms. The van der Waals surface area contributed by atoms with Crippen molar-refractivity contribution in [2.24, 2.45) is 5.92 Å². The van der Waals surface area contributed by atoms with Crippen molar-refractivity contribution in [2.75, 3.05) is 57.7 Å². The number of nitrogens with one attached hydrogen (secondary N) is 1. The molecular weight excluding hydrogens is 334 g/mol. The molecule has 0 bridgehead atoms. The molecule has 26 heavy (non-hydrogen) atoms.